The van der Waals surface area contributed by atoms with E-state index in [1.165, 1.54) is 4.57 Å². The summed E-state index contributed by atoms with van der Waals surface area (Å²) in [6, 6.07) is 1.82. The topological polar surface area (TPSA) is 77.1 Å². The first-order valence-electron chi connectivity index (χ1n) is 6.70. The first-order chi connectivity index (χ1) is 8.97. The van der Waals surface area contributed by atoms with Crippen LogP contribution in [0.4, 0.5) is 5.69 Å². The Morgan fingerprint density at radius 1 is 1.53 bits per heavy atom. The lowest BCUT2D eigenvalue weighted by Crippen LogP contribution is -2.30. The molecular weight excluding hydrogens is 242 g/mol. The summed E-state index contributed by atoms with van der Waals surface area (Å²) in [5.41, 5.74) is 7.05. The van der Waals surface area contributed by atoms with Crippen molar-refractivity contribution in [2.45, 2.75) is 38.6 Å². The zero-order valence-electron chi connectivity index (χ0n) is 11.5. The van der Waals surface area contributed by atoms with Gasteiger partial charge < -0.3 is 15.6 Å². The standard InChI is InChI=1S/C14H21N3O2/c1-9-6-12(14(19)17(2)8-9)16-13(18)7-10-4-3-5-11(10)15/h6,8,10-11H,3-5,7,15H2,1-2H3,(H,16,18)/t10-,11+/m0/s1. The Hall–Kier alpha value is -1.62. The van der Waals surface area contributed by atoms with E-state index in [9.17, 15) is 9.59 Å². The van der Waals surface area contributed by atoms with Gasteiger partial charge in [0.2, 0.25) is 5.91 Å². The van der Waals surface area contributed by atoms with Gasteiger partial charge in [-0.3, -0.25) is 9.59 Å². The highest BCUT2D eigenvalue weighted by Gasteiger charge is 2.26. The minimum absolute atomic E-state index is 0.117. The Morgan fingerprint density at radius 2 is 2.26 bits per heavy atom. The van der Waals surface area contributed by atoms with Crippen LogP contribution in [0.2, 0.25) is 0 Å². The van der Waals surface area contributed by atoms with Crippen molar-refractivity contribution in [2.75, 3.05) is 5.32 Å². The van der Waals surface area contributed by atoms with Gasteiger partial charge in [0.25, 0.3) is 5.56 Å². The number of aryl methyl sites for hydroxylation is 2. The molecule has 0 aliphatic heterocycles. The van der Waals surface area contributed by atoms with Crippen LogP contribution in [0.15, 0.2) is 17.1 Å². The number of anilines is 1. The number of hydrogen-bond donors (Lipinski definition) is 2. The van der Waals surface area contributed by atoms with Crippen molar-refractivity contribution < 1.29 is 4.79 Å². The number of nitrogens with two attached hydrogens (primary N) is 1. The zero-order chi connectivity index (χ0) is 14.0. The monoisotopic (exact) mass is 263 g/mol. The third-order valence-corrected chi connectivity index (χ3v) is 3.76. The predicted molar refractivity (Wildman–Crippen MR) is 75.0 cm³/mol. The lowest BCUT2D eigenvalue weighted by atomic mass is 10.00. The van der Waals surface area contributed by atoms with Gasteiger partial charge in [-0.1, -0.05) is 6.42 Å². The Morgan fingerprint density at radius 3 is 2.89 bits per heavy atom. The second-order valence-corrected chi connectivity index (χ2v) is 5.45. The molecule has 1 aromatic rings. The molecule has 104 valence electrons. The van der Waals surface area contributed by atoms with Crippen molar-refractivity contribution >= 4 is 11.6 Å². The molecule has 1 aliphatic rings. The van der Waals surface area contributed by atoms with Gasteiger partial charge in [-0.2, -0.15) is 0 Å². The summed E-state index contributed by atoms with van der Waals surface area (Å²) < 4.78 is 1.48. The number of hydrogen-bond acceptors (Lipinski definition) is 3. The molecule has 2 rings (SSSR count). The molecule has 5 heteroatoms. The maximum atomic E-state index is 12.0. The Bertz CT molecular complexity index is 536. The third kappa shape index (κ3) is 3.23. The lowest BCUT2D eigenvalue weighted by molar-refractivity contribution is -0.117. The van der Waals surface area contributed by atoms with Crippen LogP contribution in [0.3, 0.4) is 0 Å². The lowest BCUT2D eigenvalue weighted by Gasteiger charge is -2.15. The van der Waals surface area contributed by atoms with Crippen molar-refractivity contribution in [3.8, 4) is 0 Å². The molecule has 1 heterocycles. The van der Waals surface area contributed by atoms with E-state index in [0.29, 0.717) is 12.1 Å². The highest BCUT2D eigenvalue weighted by atomic mass is 16.2. The molecule has 0 radical (unpaired) electrons. The molecule has 5 nitrogen and oxygen atoms in total. The van der Waals surface area contributed by atoms with Crippen LogP contribution in [0, 0.1) is 12.8 Å². The van der Waals surface area contributed by atoms with Crippen LogP contribution in [-0.4, -0.2) is 16.5 Å². The van der Waals surface area contributed by atoms with E-state index in [1.807, 2.05) is 6.92 Å². The molecule has 0 spiro atoms. The summed E-state index contributed by atoms with van der Waals surface area (Å²) >= 11 is 0. The van der Waals surface area contributed by atoms with Crippen LogP contribution >= 0.6 is 0 Å². The fourth-order valence-corrected chi connectivity index (χ4v) is 2.73. The first-order valence-corrected chi connectivity index (χ1v) is 6.70. The molecule has 0 unspecified atom stereocenters. The SMILES string of the molecule is Cc1cc(NC(=O)C[C@@H]2CCC[C@H]2N)c(=O)n(C)c1. The number of amides is 1. The molecule has 1 aliphatic carbocycles. The highest BCUT2D eigenvalue weighted by molar-refractivity contribution is 5.90. The molecule has 1 amide bonds. The minimum atomic E-state index is -0.185. The van der Waals surface area contributed by atoms with Gasteiger partial charge in [-0.15, -0.1) is 0 Å². The van der Waals surface area contributed by atoms with Gasteiger partial charge in [-0.05, 0) is 37.3 Å². The van der Waals surface area contributed by atoms with E-state index < -0.39 is 0 Å². The molecule has 0 bridgehead atoms. The highest BCUT2D eigenvalue weighted by Crippen LogP contribution is 2.26. The van der Waals surface area contributed by atoms with Crippen molar-refractivity contribution in [1.82, 2.24) is 4.57 Å². The fraction of sp³-hybridized carbons (Fsp3) is 0.571. The van der Waals surface area contributed by atoms with Crippen molar-refractivity contribution in [3.05, 3.63) is 28.2 Å². The third-order valence-electron chi connectivity index (χ3n) is 3.76. The average molecular weight is 263 g/mol. The summed E-state index contributed by atoms with van der Waals surface area (Å²) in [7, 11) is 1.68. The van der Waals surface area contributed by atoms with Gasteiger partial charge in [0.05, 0.1) is 0 Å². The quantitative estimate of drug-likeness (QED) is 0.858. The van der Waals surface area contributed by atoms with E-state index in [0.717, 1.165) is 24.8 Å². The van der Waals surface area contributed by atoms with E-state index in [1.54, 1.807) is 19.3 Å². The van der Waals surface area contributed by atoms with Gasteiger partial charge >= 0.3 is 0 Å². The van der Waals surface area contributed by atoms with Crippen LogP contribution in [0.5, 0.6) is 0 Å². The fourth-order valence-electron chi connectivity index (χ4n) is 2.73. The molecule has 1 aromatic heterocycles. The van der Waals surface area contributed by atoms with E-state index in [2.05, 4.69) is 5.32 Å². The normalized spacial score (nSPS) is 22.5. The maximum absolute atomic E-state index is 12.0. The zero-order valence-corrected chi connectivity index (χ0v) is 11.5. The maximum Gasteiger partial charge on any atom is 0.274 e. The van der Waals surface area contributed by atoms with Crippen molar-refractivity contribution in [1.29, 1.82) is 0 Å². The number of pyridine rings is 1. The second kappa shape index (κ2) is 5.57. The summed E-state index contributed by atoms with van der Waals surface area (Å²) in [4.78, 5) is 23.9. The summed E-state index contributed by atoms with van der Waals surface area (Å²) in [5, 5.41) is 2.71. The molecule has 2 atom stereocenters. The number of nitrogens with one attached hydrogen (secondary N) is 1. The summed E-state index contributed by atoms with van der Waals surface area (Å²) in [5.74, 6) is 0.124. The average Bonchev–Trinajstić information content (AvgIpc) is 2.71. The molecule has 19 heavy (non-hydrogen) atoms. The Labute approximate surface area is 112 Å². The first kappa shape index (κ1) is 13.8. The summed E-state index contributed by atoms with van der Waals surface area (Å²) in [6.45, 7) is 1.89. The molecule has 3 N–H and O–H groups in total. The smallest absolute Gasteiger partial charge is 0.274 e. The Kier molecular flexibility index (Phi) is 4.04. The van der Waals surface area contributed by atoms with Crippen molar-refractivity contribution in [2.24, 2.45) is 18.7 Å². The van der Waals surface area contributed by atoms with Crippen LogP contribution in [0.1, 0.15) is 31.2 Å². The molecular formula is C14H21N3O2. The van der Waals surface area contributed by atoms with Gasteiger partial charge in [0.1, 0.15) is 5.69 Å². The van der Waals surface area contributed by atoms with Crippen LogP contribution in [-0.2, 0) is 11.8 Å². The van der Waals surface area contributed by atoms with Gasteiger partial charge in [0.15, 0.2) is 0 Å². The summed E-state index contributed by atoms with van der Waals surface area (Å²) in [6.07, 6.45) is 5.22. The molecule has 1 fully saturated rings. The van der Waals surface area contributed by atoms with Crippen molar-refractivity contribution in [3.63, 3.8) is 0 Å². The van der Waals surface area contributed by atoms with Gasteiger partial charge in [-0.25, -0.2) is 0 Å². The number of nitrogens with zero attached hydrogens (tertiary/aromatic N) is 1. The number of carbonyl (C=O) groups excluding carboxylic acids is 1. The van der Waals surface area contributed by atoms with E-state index in [4.69, 9.17) is 5.73 Å². The predicted octanol–water partition coefficient (Wildman–Crippen LogP) is 1.15. The number of aromatic nitrogens is 1. The number of carbonyl (C=O) groups is 1. The largest absolute Gasteiger partial charge is 0.327 e. The Balaban J connectivity index is 2.05. The number of rotatable bonds is 3. The molecule has 0 aromatic carbocycles. The van der Waals surface area contributed by atoms with Crippen LogP contribution in [0.25, 0.3) is 0 Å². The second-order valence-electron chi connectivity index (χ2n) is 5.45. The van der Waals surface area contributed by atoms with E-state index in [-0.39, 0.29) is 23.4 Å². The molecule has 1 saturated carbocycles. The minimum Gasteiger partial charge on any atom is -0.327 e. The molecule has 0 saturated heterocycles. The van der Waals surface area contributed by atoms with Crippen LogP contribution < -0.4 is 16.6 Å². The van der Waals surface area contributed by atoms with Gasteiger partial charge in [0, 0.05) is 25.7 Å². The van der Waals surface area contributed by atoms with E-state index >= 15 is 0 Å².